The molecule has 0 heteroatoms. The molecule has 1 spiro atoms. The molecule has 6 saturated carbocycles. The van der Waals surface area contributed by atoms with Crippen molar-refractivity contribution in [1.82, 2.24) is 0 Å². The van der Waals surface area contributed by atoms with E-state index in [1.165, 1.54) is 51.4 Å². The van der Waals surface area contributed by atoms with Crippen LogP contribution in [0.15, 0.2) is 0 Å². The van der Waals surface area contributed by atoms with E-state index in [2.05, 4.69) is 138 Å². The molecule has 0 nitrogen and oxygen atoms in total. The van der Waals surface area contributed by atoms with E-state index in [9.17, 15) is 0 Å². The van der Waals surface area contributed by atoms with Crippen molar-refractivity contribution in [2.75, 3.05) is 0 Å². The fourth-order valence-electron chi connectivity index (χ4n) is 19.6. The summed E-state index contributed by atoms with van der Waals surface area (Å²) in [6.45, 7) is 55.4. The van der Waals surface area contributed by atoms with Crippen LogP contribution in [0.1, 0.15) is 190 Å². The van der Waals surface area contributed by atoms with Crippen LogP contribution in [0.4, 0.5) is 0 Å². The molecule has 284 valence electrons. The molecule has 6 fully saturated rings. The van der Waals surface area contributed by atoms with E-state index in [-0.39, 0.29) is 16.2 Å². The molecular formula is C49H88. The molecule has 6 rings (SSSR count). The van der Waals surface area contributed by atoms with Crippen molar-refractivity contribution in [3.05, 3.63) is 0 Å². The van der Waals surface area contributed by atoms with Gasteiger partial charge < -0.3 is 0 Å². The second-order valence-corrected chi connectivity index (χ2v) is 24.2. The van der Waals surface area contributed by atoms with Gasteiger partial charge in [-0.2, -0.15) is 0 Å². The molecule has 0 aromatic carbocycles. The summed E-state index contributed by atoms with van der Waals surface area (Å²) in [5.74, 6) is 9.53. The third kappa shape index (κ3) is 3.92. The van der Waals surface area contributed by atoms with E-state index in [4.69, 9.17) is 0 Å². The van der Waals surface area contributed by atoms with Crippen LogP contribution in [0.2, 0.25) is 0 Å². The lowest BCUT2D eigenvalue weighted by Gasteiger charge is -2.83. The van der Waals surface area contributed by atoms with Gasteiger partial charge in [0.1, 0.15) is 0 Å². The second-order valence-electron chi connectivity index (χ2n) is 24.2. The van der Waals surface area contributed by atoms with Crippen molar-refractivity contribution >= 4 is 0 Å². The zero-order valence-corrected chi connectivity index (χ0v) is 37.1. The third-order valence-corrected chi connectivity index (χ3v) is 23.9. The van der Waals surface area contributed by atoms with Crippen molar-refractivity contribution in [3.8, 4) is 0 Å². The standard InChI is InChI=1S/C49H88/c1-21-41(11,12)44(16)28-49(32(6)24-23-31(44)5)26-33(7)45(17,35(9)36(49)10)48(20)42(13,14)43(15)27-37(29(2)3)39-30(4)22-25-38-34(8)40(43)46(39,18)47(38,48)19/h29-40H,21-28H2,1-20H3. The minimum atomic E-state index is 0.231. The van der Waals surface area contributed by atoms with Gasteiger partial charge >= 0.3 is 0 Å². The van der Waals surface area contributed by atoms with Crippen LogP contribution in [0, 0.1) is 120 Å². The van der Waals surface area contributed by atoms with E-state index < -0.39 is 0 Å². The quantitative estimate of drug-likeness (QED) is 0.278. The van der Waals surface area contributed by atoms with Crippen molar-refractivity contribution in [2.45, 2.75) is 190 Å². The topological polar surface area (TPSA) is 0 Å². The Morgan fingerprint density at radius 3 is 1.80 bits per heavy atom. The maximum absolute atomic E-state index is 2.98. The first kappa shape index (κ1) is 38.7. The van der Waals surface area contributed by atoms with Crippen molar-refractivity contribution in [1.29, 1.82) is 0 Å². The molecule has 0 heterocycles. The van der Waals surface area contributed by atoms with Gasteiger partial charge in [0.15, 0.2) is 0 Å². The minimum Gasteiger partial charge on any atom is -0.0649 e. The molecule has 0 aliphatic heterocycles. The van der Waals surface area contributed by atoms with Gasteiger partial charge in [0.25, 0.3) is 0 Å². The summed E-state index contributed by atoms with van der Waals surface area (Å²) in [5.41, 5.74) is 2.95. The molecule has 18 unspecified atom stereocenters. The van der Waals surface area contributed by atoms with Crippen LogP contribution in [0.25, 0.3) is 0 Å². The highest BCUT2D eigenvalue weighted by Gasteiger charge is 2.88. The summed E-state index contributed by atoms with van der Waals surface area (Å²) in [7, 11) is 0. The lowest BCUT2D eigenvalue weighted by Crippen LogP contribution is -2.78. The second kappa shape index (κ2) is 11.0. The Labute approximate surface area is 308 Å². The maximum Gasteiger partial charge on any atom is -0.0148 e. The molecule has 0 amide bonds. The van der Waals surface area contributed by atoms with E-state index in [0.717, 1.165) is 59.2 Å². The Kier molecular flexibility index (Phi) is 8.72. The van der Waals surface area contributed by atoms with Gasteiger partial charge in [-0.3, -0.25) is 0 Å². The Morgan fingerprint density at radius 2 is 1.24 bits per heavy atom. The molecule has 18 atom stereocenters. The molecule has 5 bridgehead atoms. The molecule has 0 aromatic rings. The van der Waals surface area contributed by atoms with Crippen molar-refractivity contribution in [2.24, 2.45) is 120 Å². The zero-order chi connectivity index (χ0) is 37.1. The van der Waals surface area contributed by atoms with Gasteiger partial charge in [0, 0.05) is 0 Å². The molecule has 49 heavy (non-hydrogen) atoms. The third-order valence-electron chi connectivity index (χ3n) is 23.9. The lowest BCUT2D eigenvalue weighted by atomic mass is 9.21. The van der Waals surface area contributed by atoms with Crippen molar-refractivity contribution in [3.63, 3.8) is 0 Å². The molecule has 6 aliphatic rings. The number of hydrogen-bond donors (Lipinski definition) is 0. The maximum atomic E-state index is 2.98. The van der Waals surface area contributed by atoms with Gasteiger partial charge in [-0.05, 0) is 158 Å². The van der Waals surface area contributed by atoms with Gasteiger partial charge in [-0.15, -0.1) is 0 Å². The first-order valence-corrected chi connectivity index (χ1v) is 22.2. The summed E-state index contributed by atoms with van der Waals surface area (Å²) in [4.78, 5) is 0. The average Bonchev–Trinajstić information content (AvgIpc) is 3.06. The predicted molar refractivity (Wildman–Crippen MR) is 214 cm³/mol. The fourth-order valence-corrected chi connectivity index (χ4v) is 19.6. The number of rotatable bonds is 4. The Balaban J connectivity index is 1.58. The highest BCUT2D eigenvalue weighted by molar-refractivity contribution is 5.35. The minimum absolute atomic E-state index is 0.231. The van der Waals surface area contributed by atoms with Gasteiger partial charge in [-0.25, -0.2) is 0 Å². The van der Waals surface area contributed by atoms with E-state index in [1.54, 1.807) is 0 Å². The lowest BCUT2D eigenvalue weighted by molar-refractivity contribution is -0.359. The first-order valence-electron chi connectivity index (χ1n) is 22.2. The SMILES string of the molecule is CCC(C)(C)C1(C)CC2(CC(C)C(C)(C3(C)C(C)(C)C4(C)CC(C(C)C)C5C(C)CCC6C(C)C4C5(C)C63C)C(C)C2C)C(C)CCC1C. The summed E-state index contributed by atoms with van der Waals surface area (Å²) in [6, 6.07) is 0. The Hall–Kier alpha value is 0. The van der Waals surface area contributed by atoms with E-state index in [1.807, 2.05) is 0 Å². The number of hydrogen-bond acceptors (Lipinski definition) is 0. The Morgan fingerprint density at radius 1 is 0.673 bits per heavy atom. The molecule has 0 saturated heterocycles. The summed E-state index contributed by atoms with van der Waals surface area (Å²) in [5, 5.41) is 0. The smallest absolute Gasteiger partial charge is 0.0148 e. The normalized spacial score (nSPS) is 60.1. The van der Waals surface area contributed by atoms with E-state index >= 15 is 0 Å². The fraction of sp³-hybridized carbons (Fsp3) is 1.00. The van der Waals surface area contributed by atoms with Crippen LogP contribution in [-0.2, 0) is 0 Å². The van der Waals surface area contributed by atoms with E-state index in [0.29, 0.717) is 44.3 Å². The first-order chi connectivity index (χ1) is 22.2. The van der Waals surface area contributed by atoms with Crippen molar-refractivity contribution < 1.29 is 0 Å². The summed E-state index contributed by atoms with van der Waals surface area (Å²) < 4.78 is 0. The highest BCUT2D eigenvalue weighted by atomic mass is 14.9. The highest BCUT2D eigenvalue weighted by Crippen LogP contribution is 2.93. The van der Waals surface area contributed by atoms with Gasteiger partial charge in [0.2, 0.25) is 0 Å². The molecule has 0 N–H and O–H groups in total. The van der Waals surface area contributed by atoms with Crippen LogP contribution >= 0.6 is 0 Å². The average molecular weight is 677 g/mol. The monoisotopic (exact) mass is 677 g/mol. The summed E-state index contributed by atoms with van der Waals surface area (Å²) in [6.07, 6.45) is 11.4. The van der Waals surface area contributed by atoms with Gasteiger partial charge in [-0.1, -0.05) is 151 Å². The predicted octanol–water partition coefficient (Wildman–Crippen LogP) is 14.9. The molecule has 0 aromatic heterocycles. The van der Waals surface area contributed by atoms with Crippen LogP contribution in [0.5, 0.6) is 0 Å². The molecule has 0 radical (unpaired) electrons. The van der Waals surface area contributed by atoms with Gasteiger partial charge in [0.05, 0.1) is 0 Å². The summed E-state index contributed by atoms with van der Waals surface area (Å²) >= 11 is 0. The molecule has 6 aliphatic carbocycles. The zero-order valence-electron chi connectivity index (χ0n) is 37.1. The van der Waals surface area contributed by atoms with Crippen LogP contribution in [0.3, 0.4) is 0 Å². The van der Waals surface area contributed by atoms with Crippen LogP contribution in [-0.4, -0.2) is 0 Å². The Bertz CT molecular complexity index is 1290. The molecular weight excluding hydrogens is 589 g/mol. The largest absolute Gasteiger partial charge is 0.0649 e. The van der Waals surface area contributed by atoms with Crippen LogP contribution < -0.4 is 0 Å².